The highest BCUT2D eigenvalue weighted by Crippen LogP contribution is 2.66. The second-order valence-corrected chi connectivity index (χ2v) is 12.1. The van der Waals surface area contributed by atoms with Crippen molar-refractivity contribution in [2.75, 3.05) is 13.3 Å². The zero-order valence-corrected chi connectivity index (χ0v) is 19.5. The van der Waals surface area contributed by atoms with Crippen LogP contribution < -0.4 is 0 Å². The average Bonchev–Trinajstić information content (AvgIpc) is 3.13. The summed E-state index contributed by atoms with van der Waals surface area (Å²) >= 11 is 4.37. The maximum Gasteiger partial charge on any atom is 0.490 e. The van der Waals surface area contributed by atoms with E-state index in [9.17, 15) is 28.8 Å². The van der Waals surface area contributed by atoms with Gasteiger partial charge in [-0.25, -0.2) is 23.7 Å². The molecule has 3 aliphatic rings. The van der Waals surface area contributed by atoms with E-state index in [-0.39, 0.29) is 12.5 Å². The Kier molecular flexibility index (Phi) is 7.25. The molecule has 0 saturated carbocycles. The third-order valence-corrected chi connectivity index (χ3v) is 8.39. The molecule has 0 amide bonds. The molecule has 1 fully saturated rings. The number of ether oxygens (including phenoxy) is 1. The maximum atomic E-state index is 11.8. The number of aliphatic hydroxyl groups excluding tert-OH is 2. The molecule has 182 valence electrons. The first-order valence-electron chi connectivity index (χ1n) is 8.47. The highest BCUT2D eigenvalue weighted by molar-refractivity contribution is 7.83. The lowest BCUT2D eigenvalue weighted by atomic mass is 10.1. The predicted octanol–water partition coefficient (Wildman–Crippen LogP) is -1.42. The number of hydrogen-bond donors (Lipinski definition) is 7. The molecular formula is C11H19N4O13P3S. The molecule has 3 rings (SSSR count). The molecule has 3 heterocycles. The summed E-state index contributed by atoms with van der Waals surface area (Å²) < 4.78 is 51.0. The maximum absolute atomic E-state index is 11.8. The smallest absolute Gasteiger partial charge is 0.387 e. The monoisotopic (exact) mass is 540 g/mol. The van der Waals surface area contributed by atoms with Crippen LogP contribution >= 0.6 is 36.1 Å². The Hall–Kier alpha value is -0.550. The Morgan fingerprint density at radius 1 is 1.19 bits per heavy atom. The van der Waals surface area contributed by atoms with Gasteiger partial charge in [0.25, 0.3) is 0 Å². The van der Waals surface area contributed by atoms with E-state index < -0.39 is 59.5 Å². The predicted molar refractivity (Wildman–Crippen MR) is 108 cm³/mol. The lowest BCUT2D eigenvalue weighted by Crippen LogP contribution is -2.49. The van der Waals surface area contributed by atoms with Crippen LogP contribution in [0.25, 0.3) is 0 Å². The molecule has 0 spiro atoms. The molecule has 7 unspecified atom stereocenters. The lowest BCUT2D eigenvalue weighted by molar-refractivity contribution is -0.0680. The summed E-state index contributed by atoms with van der Waals surface area (Å²) in [4.78, 5) is 48.5. The van der Waals surface area contributed by atoms with Gasteiger partial charge in [0.2, 0.25) is 0 Å². The van der Waals surface area contributed by atoms with E-state index in [2.05, 4.69) is 40.8 Å². The Morgan fingerprint density at radius 2 is 1.84 bits per heavy atom. The molecule has 6 N–H and O–H groups in total. The van der Waals surface area contributed by atoms with Crippen molar-refractivity contribution in [1.29, 1.82) is 0 Å². The van der Waals surface area contributed by atoms with Gasteiger partial charge in [-0.05, 0) is 6.92 Å². The summed E-state index contributed by atoms with van der Waals surface area (Å²) in [6, 6.07) is 0. The van der Waals surface area contributed by atoms with Crippen molar-refractivity contribution in [3.05, 3.63) is 0 Å². The molecule has 0 aliphatic carbocycles. The largest absolute Gasteiger partial charge is 0.490 e. The quantitative estimate of drug-likeness (QED) is 0.138. The molecule has 21 heteroatoms. The van der Waals surface area contributed by atoms with Gasteiger partial charge in [0.1, 0.15) is 41.9 Å². The third-order valence-electron chi connectivity index (χ3n) is 4.27. The molecule has 0 aromatic heterocycles. The Balaban J connectivity index is 1.63. The molecule has 0 radical (unpaired) electrons. The highest BCUT2D eigenvalue weighted by Gasteiger charge is 2.51. The Labute approximate surface area is 185 Å². The van der Waals surface area contributed by atoms with Crippen LogP contribution in [0.3, 0.4) is 0 Å². The molecule has 7 atom stereocenters. The van der Waals surface area contributed by atoms with Gasteiger partial charge in [-0.2, -0.15) is 8.62 Å². The van der Waals surface area contributed by atoms with Crippen LogP contribution in [0, 0.1) is 0 Å². The molecular weight excluding hydrogens is 521 g/mol. The van der Waals surface area contributed by atoms with Crippen molar-refractivity contribution < 1.29 is 61.4 Å². The average molecular weight is 540 g/mol. The minimum atomic E-state index is -5.69. The van der Waals surface area contributed by atoms with Crippen LogP contribution in [0.15, 0.2) is 15.0 Å². The molecule has 0 aromatic rings. The number of nitrogens with zero attached hydrogens (tertiary/aromatic N) is 4. The number of phosphoric acid groups is 3. The highest BCUT2D eigenvalue weighted by atomic mass is 32.1. The standard InChI is InChI=1S/C11H19N4O13P3S/c1-11(32)8-9(12-3-14-11)15(4-13-8)10-7(17)6(16)5(26-10)2-25-30(21,22)28-31(23,24)27-29(18,19)20/h3,5-7,10,16-17,32H,2,4H2,1H3,(H,21,22)(H,23,24)(H2,18,19,20). The van der Waals surface area contributed by atoms with Crippen LogP contribution in [0.5, 0.6) is 0 Å². The van der Waals surface area contributed by atoms with Crippen molar-refractivity contribution in [3.63, 3.8) is 0 Å². The first-order valence-corrected chi connectivity index (χ1v) is 13.4. The van der Waals surface area contributed by atoms with E-state index >= 15 is 0 Å². The number of phosphoric ester groups is 1. The van der Waals surface area contributed by atoms with Gasteiger partial charge in [0.05, 0.1) is 6.61 Å². The zero-order chi connectivity index (χ0) is 24.1. The first-order chi connectivity index (χ1) is 14.5. The SMILES string of the molecule is CC1(S)N=CN=C2C1=NCN2C1OC(COP(=O)(O)OP(=O)(O)OP(=O)(O)O)C(O)C1O. The van der Waals surface area contributed by atoms with Crippen molar-refractivity contribution in [1.82, 2.24) is 4.90 Å². The fourth-order valence-corrected chi connectivity index (χ4v) is 6.22. The summed E-state index contributed by atoms with van der Waals surface area (Å²) in [6.07, 6.45) is -4.59. The number of rotatable bonds is 8. The fraction of sp³-hybridized carbons (Fsp3) is 0.727. The second kappa shape index (κ2) is 8.91. The van der Waals surface area contributed by atoms with Gasteiger partial charge in [0, 0.05) is 0 Å². The number of aliphatic imine (C=N–C) groups is 3. The Bertz CT molecular complexity index is 998. The van der Waals surface area contributed by atoms with E-state index in [4.69, 9.17) is 19.4 Å². The number of fused-ring (bicyclic) bond motifs is 1. The van der Waals surface area contributed by atoms with Gasteiger partial charge in [-0.3, -0.25) is 9.52 Å². The molecule has 17 nitrogen and oxygen atoms in total. The van der Waals surface area contributed by atoms with Gasteiger partial charge in [-0.15, -0.1) is 12.6 Å². The zero-order valence-electron chi connectivity index (χ0n) is 15.9. The van der Waals surface area contributed by atoms with E-state index in [1.807, 2.05) is 0 Å². The number of amidine groups is 1. The third kappa shape index (κ3) is 5.92. The van der Waals surface area contributed by atoms with Gasteiger partial charge in [-0.1, -0.05) is 0 Å². The van der Waals surface area contributed by atoms with Crippen LogP contribution in [0.1, 0.15) is 6.92 Å². The number of hydrogen-bond acceptors (Lipinski definition) is 14. The van der Waals surface area contributed by atoms with Crippen LogP contribution in [-0.4, -0.2) is 95.3 Å². The minimum absolute atomic E-state index is 0.0231. The van der Waals surface area contributed by atoms with Gasteiger partial charge < -0.3 is 39.4 Å². The number of aliphatic hydroxyl groups is 2. The Morgan fingerprint density at radius 3 is 2.47 bits per heavy atom. The molecule has 1 saturated heterocycles. The van der Waals surface area contributed by atoms with Gasteiger partial charge >= 0.3 is 23.5 Å². The van der Waals surface area contributed by atoms with Crippen LogP contribution in [0.2, 0.25) is 0 Å². The topological polar surface area (TPSA) is 250 Å². The minimum Gasteiger partial charge on any atom is -0.387 e. The van der Waals surface area contributed by atoms with E-state index in [1.54, 1.807) is 6.92 Å². The van der Waals surface area contributed by atoms with Crippen LogP contribution in [-0.2, 0) is 31.6 Å². The molecule has 0 bridgehead atoms. The summed E-state index contributed by atoms with van der Waals surface area (Å²) in [5.41, 5.74) is 0.394. The molecule has 0 aromatic carbocycles. The van der Waals surface area contributed by atoms with Crippen LogP contribution in [0.4, 0.5) is 0 Å². The van der Waals surface area contributed by atoms with Gasteiger partial charge in [0.15, 0.2) is 12.1 Å². The number of thiol groups is 1. The van der Waals surface area contributed by atoms with Crippen molar-refractivity contribution in [3.8, 4) is 0 Å². The summed E-state index contributed by atoms with van der Waals surface area (Å²) in [6.45, 7) is 0.707. The van der Waals surface area contributed by atoms with E-state index in [0.717, 1.165) is 0 Å². The normalized spacial score (nSPS) is 36.3. The van der Waals surface area contributed by atoms with Crippen molar-refractivity contribution >= 4 is 54.0 Å². The van der Waals surface area contributed by atoms with Crippen molar-refractivity contribution in [2.24, 2.45) is 15.0 Å². The second-order valence-electron chi connectivity index (χ2n) is 6.77. The molecule has 3 aliphatic heterocycles. The van der Waals surface area contributed by atoms with Crippen molar-refractivity contribution in [2.45, 2.75) is 36.3 Å². The summed E-state index contributed by atoms with van der Waals surface area (Å²) in [5.74, 6) is 0.280. The van der Waals surface area contributed by atoms with E-state index in [1.165, 1.54) is 11.2 Å². The lowest BCUT2D eigenvalue weighted by Gasteiger charge is -2.30. The summed E-state index contributed by atoms with van der Waals surface area (Å²) in [5, 5.41) is 20.6. The summed E-state index contributed by atoms with van der Waals surface area (Å²) in [7, 11) is -16.7. The molecule has 32 heavy (non-hydrogen) atoms. The first kappa shape index (κ1) is 26.1. The van der Waals surface area contributed by atoms with E-state index in [0.29, 0.717) is 5.71 Å². The fourth-order valence-electron chi connectivity index (χ4n) is 2.97.